The second-order valence-electron chi connectivity index (χ2n) is 6.24. The molecule has 0 bridgehead atoms. The van der Waals surface area contributed by atoms with E-state index in [1.165, 1.54) is 11.5 Å². The molecule has 7 heteroatoms. The van der Waals surface area contributed by atoms with E-state index in [9.17, 15) is 4.79 Å². The number of anilines is 1. The van der Waals surface area contributed by atoms with E-state index in [4.69, 9.17) is 4.74 Å². The molecule has 0 aliphatic carbocycles. The lowest BCUT2D eigenvalue weighted by Crippen LogP contribution is -2.35. The van der Waals surface area contributed by atoms with Gasteiger partial charge in [-0.05, 0) is 25.7 Å². The summed E-state index contributed by atoms with van der Waals surface area (Å²) in [5.74, 6) is 1.19. The Kier molecular flexibility index (Phi) is 5.83. The summed E-state index contributed by atoms with van der Waals surface area (Å²) >= 11 is 1.47. The normalized spacial score (nSPS) is 22.4. The molecule has 6 nitrogen and oxygen atoms in total. The first-order valence-electron chi connectivity index (χ1n) is 8.73. The quantitative estimate of drug-likeness (QED) is 0.823. The van der Waals surface area contributed by atoms with E-state index >= 15 is 0 Å². The van der Waals surface area contributed by atoms with Crippen molar-refractivity contribution >= 4 is 22.6 Å². The van der Waals surface area contributed by atoms with Crippen molar-refractivity contribution in [3.05, 3.63) is 5.82 Å². The maximum Gasteiger partial charge on any atom is 0.222 e. The minimum Gasteiger partial charge on any atom is -0.378 e. The summed E-state index contributed by atoms with van der Waals surface area (Å²) in [4.78, 5) is 21.3. The highest BCUT2D eigenvalue weighted by molar-refractivity contribution is 7.09. The average molecular weight is 338 g/mol. The summed E-state index contributed by atoms with van der Waals surface area (Å²) in [6, 6.07) is 0. The van der Waals surface area contributed by atoms with E-state index < -0.39 is 0 Å². The third kappa shape index (κ3) is 4.41. The van der Waals surface area contributed by atoms with Crippen molar-refractivity contribution in [2.45, 2.75) is 51.6 Å². The molecule has 1 amide bonds. The van der Waals surface area contributed by atoms with Crippen LogP contribution in [-0.2, 0) is 16.0 Å². The maximum atomic E-state index is 12.4. The molecule has 0 radical (unpaired) electrons. The van der Waals surface area contributed by atoms with Gasteiger partial charge in [-0.1, -0.05) is 6.92 Å². The highest BCUT2D eigenvalue weighted by Gasteiger charge is 2.23. The summed E-state index contributed by atoms with van der Waals surface area (Å²) in [5.41, 5.74) is 0. The highest BCUT2D eigenvalue weighted by Crippen LogP contribution is 2.21. The molecule has 23 heavy (non-hydrogen) atoms. The van der Waals surface area contributed by atoms with Crippen LogP contribution in [0.15, 0.2) is 0 Å². The van der Waals surface area contributed by atoms with Crippen LogP contribution in [0.1, 0.15) is 44.9 Å². The highest BCUT2D eigenvalue weighted by atomic mass is 32.1. The molecule has 0 spiro atoms. The van der Waals surface area contributed by atoms with Crippen LogP contribution in [0.5, 0.6) is 0 Å². The number of aryl methyl sites for hydroxylation is 1. The molecule has 2 fully saturated rings. The van der Waals surface area contributed by atoms with Crippen LogP contribution < -0.4 is 4.90 Å². The van der Waals surface area contributed by atoms with Crippen LogP contribution in [-0.4, -0.2) is 59.1 Å². The predicted octanol–water partition coefficient (Wildman–Crippen LogP) is 2.10. The minimum atomic E-state index is 0.272. The number of amides is 1. The van der Waals surface area contributed by atoms with Gasteiger partial charge in [0.15, 0.2) is 0 Å². The molecule has 1 aromatic heterocycles. The van der Waals surface area contributed by atoms with Crippen molar-refractivity contribution < 1.29 is 9.53 Å². The number of carbonyl (C=O) groups excluding carboxylic acids is 1. The van der Waals surface area contributed by atoms with Crippen LogP contribution >= 0.6 is 11.5 Å². The molecular formula is C16H26N4O2S. The van der Waals surface area contributed by atoms with Gasteiger partial charge in [-0.2, -0.15) is 4.37 Å². The molecular weight excluding hydrogens is 312 g/mol. The van der Waals surface area contributed by atoms with Gasteiger partial charge in [0, 0.05) is 57.2 Å². The number of carbonyl (C=O) groups is 1. The molecule has 0 saturated carbocycles. The Morgan fingerprint density at radius 2 is 2.22 bits per heavy atom. The van der Waals surface area contributed by atoms with Gasteiger partial charge >= 0.3 is 0 Å². The fourth-order valence-corrected chi connectivity index (χ4v) is 3.99. The van der Waals surface area contributed by atoms with E-state index in [1.807, 2.05) is 4.90 Å². The molecule has 1 aromatic rings. The number of ether oxygens (including phenoxy) is 1. The first-order valence-corrected chi connectivity index (χ1v) is 9.50. The Balaban J connectivity index is 1.48. The molecule has 3 heterocycles. The molecule has 2 saturated heterocycles. The lowest BCUT2D eigenvalue weighted by molar-refractivity contribution is -0.131. The Morgan fingerprint density at radius 3 is 2.96 bits per heavy atom. The second-order valence-corrected chi connectivity index (χ2v) is 6.97. The zero-order chi connectivity index (χ0) is 16.1. The summed E-state index contributed by atoms with van der Waals surface area (Å²) in [6.45, 7) is 6.37. The summed E-state index contributed by atoms with van der Waals surface area (Å²) in [7, 11) is 0. The zero-order valence-electron chi connectivity index (χ0n) is 13.9. The van der Waals surface area contributed by atoms with Gasteiger partial charge in [0.25, 0.3) is 0 Å². The largest absolute Gasteiger partial charge is 0.378 e. The van der Waals surface area contributed by atoms with E-state index in [1.54, 1.807) is 0 Å². The van der Waals surface area contributed by atoms with Crippen LogP contribution in [0.25, 0.3) is 0 Å². The lowest BCUT2D eigenvalue weighted by atomic mass is 10.1. The first-order chi connectivity index (χ1) is 11.3. The number of aromatic nitrogens is 2. The molecule has 0 unspecified atom stereocenters. The third-order valence-electron chi connectivity index (χ3n) is 4.60. The summed E-state index contributed by atoms with van der Waals surface area (Å²) < 4.78 is 9.97. The van der Waals surface area contributed by atoms with Gasteiger partial charge in [-0.15, -0.1) is 0 Å². The van der Waals surface area contributed by atoms with Gasteiger partial charge in [0.1, 0.15) is 5.82 Å². The number of nitrogens with zero attached hydrogens (tertiary/aromatic N) is 4. The van der Waals surface area contributed by atoms with E-state index in [0.717, 1.165) is 75.8 Å². The molecule has 3 rings (SSSR count). The van der Waals surface area contributed by atoms with Crippen molar-refractivity contribution in [1.29, 1.82) is 0 Å². The lowest BCUT2D eigenvalue weighted by Gasteiger charge is -2.22. The third-order valence-corrected chi connectivity index (χ3v) is 5.41. The molecule has 1 atom stereocenters. The van der Waals surface area contributed by atoms with E-state index in [0.29, 0.717) is 12.5 Å². The van der Waals surface area contributed by atoms with Crippen LogP contribution in [0.4, 0.5) is 5.13 Å². The van der Waals surface area contributed by atoms with Gasteiger partial charge in [-0.3, -0.25) is 4.79 Å². The van der Waals surface area contributed by atoms with Gasteiger partial charge < -0.3 is 14.5 Å². The Bertz CT molecular complexity index is 516. The number of rotatable bonds is 5. The smallest absolute Gasteiger partial charge is 0.222 e. The van der Waals surface area contributed by atoms with E-state index in [2.05, 4.69) is 21.2 Å². The summed E-state index contributed by atoms with van der Waals surface area (Å²) in [6.07, 6.45) is 5.90. The van der Waals surface area contributed by atoms with Crippen LogP contribution in [0.3, 0.4) is 0 Å². The number of hydrogen-bond donors (Lipinski definition) is 0. The second kappa shape index (κ2) is 8.06. The molecule has 0 aromatic carbocycles. The SMILES string of the molecule is CCc1nsc(N2CCCN(C(=O)CC[C@@H]3CCCO3)CC2)n1. The molecule has 0 N–H and O–H groups in total. The fraction of sp³-hybridized carbons (Fsp3) is 0.812. The minimum absolute atomic E-state index is 0.272. The molecule has 128 valence electrons. The predicted molar refractivity (Wildman–Crippen MR) is 90.9 cm³/mol. The van der Waals surface area contributed by atoms with Crippen molar-refractivity contribution in [1.82, 2.24) is 14.3 Å². The van der Waals surface area contributed by atoms with Crippen molar-refractivity contribution in [3.8, 4) is 0 Å². The Labute approximate surface area is 142 Å². The Hall–Kier alpha value is -1.21. The van der Waals surface area contributed by atoms with Gasteiger partial charge in [0.2, 0.25) is 11.0 Å². The molecule has 2 aliphatic rings. The number of hydrogen-bond acceptors (Lipinski definition) is 6. The van der Waals surface area contributed by atoms with Crippen molar-refractivity contribution in [2.24, 2.45) is 0 Å². The Morgan fingerprint density at radius 1 is 1.30 bits per heavy atom. The average Bonchev–Trinajstić information content (AvgIpc) is 3.20. The first kappa shape index (κ1) is 16.6. The molecule has 2 aliphatic heterocycles. The monoisotopic (exact) mass is 338 g/mol. The summed E-state index contributed by atoms with van der Waals surface area (Å²) in [5, 5.41) is 0.996. The standard InChI is InChI=1S/C16H26N4O2S/c1-2-14-17-16(23-18-14)20-9-4-8-19(10-11-20)15(21)7-6-13-5-3-12-22-13/h13H,2-12H2,1H3/t13-/m0/s1. The topological polar surface area (TPSA) is 58.6 Å². The van der Waals surface area contributed by atoms with Crippen LogP contribution in [0.2, 0.25) is 0 Å². The zero-order valence-corrected chi connectivity index (χ0v) is 14.7. The maximum absolute atomic E-state index is 12.4. The fourth-order valence-electron chi connectivity index (χ4n) is 3.19. The van der Waals surface area contributed by atoms with Gasteiger partial charge in [0.05, 0.1) is 6.10 Å². The van der Waals surface area contributed by atoms with Crippen molar-refractivity contribution in [3.63, 3.8) is 0 Å². The van der Waals surface area contributed by atoms with Crippen molar-refractivity contribution in [2.75, 3.05) is 37.7 Å². The van der Waals surface area contributed by atoms with Crippen LogP contribution in [0, 0.1) is 0 Å². The van der Waals surface area contributed by atoms with Gasteiger partial charge in [-0.25, -0.2) is 4.98 Å². The van der Waals surface area contributed by atoms with E-state index in [-0.39, 0.29) is 5.91 Å².